The maximum atomic E-state index is 12.0. The van der Waals surface area contributed by atoms with Crippen LogP contribution in [0.4, 0.5) is 4.79 Å². The van der Waals surface area contributed by atoms with Crippen LogP contribution in [0.15, 0.2) is 0 Å². The van der Waals surface area contributed by atoms with E-state index in [-0.39, 0.29) is 36.4 Å². The molecule has 1 rings (SSSR count). The molecule has 7 nitrogen and oxygen atoms in total. The highest BCUT2D eigenvalue weighted by Gasteiger charge is 2.27. The standard InChI is InChI=1S/C14H24N2O5/c1-9(13(19)21-3)8-16(2)14(20)15-11-6-4-10(5-7-11)12(17)18/h9-11H,4-8H2,1-3H3,(H,15,20)(H,17,18). The molecule has 0 radical (unpaired) electrons. The van der Waals surface area contributed by atoms with Gasteiger partial charge in [0.15, 0.2) is 0 Å². The molecule has 1 unspecified atom stereocenters. The Bertz CT molecular complexity index is 391. The van der Waals surface area contributed by atoms with Crippen molar-refractivity contribution in [1.82, 2.24) is 10.2 Å². The number of carbonyl (C=O) groups excluding carboxylic acids is 2. The van der Waals surface area contributed by atoms with E-state index in [9.17, 15) is 14.4 Å². The lowest BCUT2D eigenvalue weighted by molar-refractivity contribution is -0.145. The zero-order valence-electron chi connectivity index (χ0n) is 12.8. The zero-order valence-corrected chi connectivity index (χ0v) is 12.8. The van der Waals surface area contributed by atoms with Crippen LogP contribution in [-0.2, 0) is 14.3 Å². The Morgan fingerprint density at radius 3 is 2.33 bits per heavy atom. The van der Waals surface area contributed by atoms with Crippen LogP contribution in [0.5, 0.6) is 0 Å². The molecule has 1 saturated carbocycles. The number of hydrogen-bond acceptors (Lipinski definition) is 4. The summed E-state index contributed by atoms with van der Waals surface area (Å²) in [4.78, 5) is 35.7. The minimum absolute atomic E-state index is 0.00369. The van der Waals surface area contributed by atoms with Gasteiger partial charge in [0.2, 0.25) is 0 Å². The van der Waals surface area contributed by atoms with Gasteiger partial charge in [-0.05, 0) is 25.7 Å². The fraction of sp³-hybridized carbons (Fsp3) is 0.786. The number of urea groups is 1. The van der Waals surface area contributed by atoms with Crippen molar-refractivity contribution in [3.05, 3.63) is 0 Å². The highest BCUT2D eigenvalue weighted by molar-refractivity contribution is 5.76. The van der Waals surface area contributed by atoms with E-state index in [0.29, 0.717) is 25.7 Å². The summed E-state index contributed by atoms with van der Waals surface area (Å²) in [5.41, 5.74) is 0. The molecule has 1 aliphatic rings. The number of nitrogens with one attached hydrogen (secondary N) is 1. The van der Waals surface area contributed by atoms with Gasteiger partial charge in [-0.3, -0.25) is 9.59 Å². The molecular formula is C14H24N2O5. The summed E-state index contributed by atoms with van der Waals surface area (Å²) in [5, 5.41) is 11.8. The SMILES string of the molecule is COC(=O)C(C)CN(C)C(=O)NC1CCC(C(=O)O)CC1. The van der Waals surface area contributed by atoms with E-state index in [4.69, 9.17) is 5.11 Å². The largest absolute Gasteiger partial charge is 0.481 e. The van der Waals surface area contributed by atoms with E-state index in [2.05, 4.69) is 10.1 Å². The number of rotatable bonds is 5. The van der Waals surface area contributed by atoms with Gasteiger partial charge in [-0.15, -0.1) is 0 Å². The van der Waals surface area contributed by atoms with E-state index < -0.39 is 5.97 Å². The molecule has 0 heterocycles. The Kier molecular flexibility index (Phi) is 6.45. The normalized spacial score (nSPS) is 23.0. The van der Waals surface area contributed by atoms with Crippen molar-refractivity contribution >= 4 is 18.0 Å². The number of carbonyl (C=O) groups is 3. The number of aliphatic carboxylic acids is 1. The molecule has 2 N–H and O–H groups in total. The molecule has 21 heavy (non-hydrogen) atoms. The van der Waals surface area contributed by atoms with Crippen LogP contribution in [0.1, 0.15) is 32.6 Å². The topological polar surface area (TPSA) is 95.9 Å². The highest BCUT2D eigenvalue weighted by Crippen LogP contribution is 2.24. The van der Waals surface area contributed by atoms with Crippen molar-refractivity contribution in [2.45, 2.75) is 38.6 Å². The molecule has 0 aromatic rings. The quantitative estimate of drug-likeness (QED) is 0.741. The molecule has 120 valence electrons. The molecule has 1 atom stereocenters. The molecule has 2 amide bonds. The summed E-state index contributed by atoms with van der Waals surface area (Å²) < 4.78 is 4.62. The summed E-state index contributed by atoms with van der Waals surface area (Å²) in [6.07, 6.45) is 2.51. The number of ether oxygens (including phenoxy) is 1. The molecule has 0 aromatic carbocycles. The zero-order chi connectivity index (χ0) is 16.0. The molecule has 0 bridgehead atoms. The van der Waals surface area contributed by atoms with Crippen LogP contribution in [0, 0.1) is 11.8 Å². The Labute approximate surface area is 124 Å². The minimum Gasteiger partial charge on any atom is -0.481 e. The minimum atomic E-state index is -0.760. The van der Waals surface area contributed by atoms with Gasteiger partial charge >= 0.3 is 18.0 Å². The molecule has 0 spiro atoms. The van der Waals surface area contributed by atoms with E-state index >= 15 is 0 Å². The number of esters is 1. The first-order chi connectivity index (χ1) is 9.85. The van der Waals surface area contributed by atoms with Crippen LogP contribution >= 0.6 is 0 Å². The Morgan fingerprint density at radius 1 is 1.29 bits per heavy atom. The molecule has 7 heteroatoms. The monoisotopic (exact) mass is 300 g/mol. The average molecular weight is 300 g/mol. The van der Waals surface area contributed by atoms with Crippen molar-refractivity contribution in [1.29, 1.82) is 0 Å². The summed E-state index contributed by atoms with van der Waals surface area (Å²) in [6, 6.07) is -0.242. The number of hydrogen-bond donors (Lipinski definition) is 2. The first kappa shape index (κ1) is 17.3. The maximum Gasteiger partial charge on any atom is 0.317 e. The van der Waals surface area contributed by atoms with Gasteiger partial charge in [0, 0.05) is 19.6 Å². The second-order valence-electron chi connectivity index (χ2n) is 5.64. The molecule has 0 saturated heterocycles. The number of carboxylic acids is 1. The number of carboxylic acid groups (broad SMARTS) is 1. The number of nitrogens with zero attached hydrogens (tertiary/aromatic N) is 1. The second-order valence-corrected chi connectivity index (χ2v) is 5.64. The summed E-state index contributed by atoms with van der Waals surface area (Å²) >= 11 is 0. The van der Waals surface area contributed by atoms with Crippen molar-refractivity contribution in [2.75, 3.05) is 20.7 Å². The fourth-order valence-electron chi connectivity index (χ4n) is 2.54. The molecule has 0 aliphatic heterocycles. The Hall–Kier alpha value is -1.79. The predicted octanol–water partition coefficient (Wildman–Crippen LogP) is 1.08. The summed E-state index contributed by atoms with van der Waals surface area (Å²) in [7, 11) is 2.94. The van der Waals surface area contributed by atoms with Crippen LogP contribution in [0.2, 0.25) is 0 Å². The van der Waals surface area contributed by atoms with Crippen molar-refractivity contribution in [3.63, 3.8) is 0 Å². The first-order valence-electron chi connectivity index (χ1n) is 7.17. The van der Waals surface area contributed by atoms with Gasteiger partial charge in [0.25, 0.3) is 0 Å². The van der Waals surface area contributed by atoms with Gasteiger partial charge in [0.05, 0.1) is 18.9 Å². The average Bonchev–Trinajstić information content (AvgIpc) is 2.46. The Balaban J connectivity index is 2.36. The van der Waals surface area contributed by atoms with Gasteiger partial charge in [-0.25, -0.2) is 4.79 Å². The fourth-order valence-corrected chi connectivity index (χ4v) is 2.54. The van der Waals surface area contributed by atoms with Gasteiger partial charge in [-0.1, -0.05) is 6.92 Å². The predicted molar refractivity (Wildman–Crippen MR) is 75.7 cm³/mol. The van der Waals surface area contributed by atoms with Crippen LogP contribution < -0.4 is 5.32 Å². The van der Waals surface area contributed by atoms with Gasteiger partial charge < -0.3 is 20.1 Å². The lowest BCUT2D eigenvalue weighted by Gasteiger charge is -2.29. The third-order valence-corrected chi connectivity index (χ3v) is 3.90. The smallest absolute Gasteiger partial charge is 0.317 e. The lowest BCUT2D eigenvalue weighted by Crippen LogP contribution is -2.46. The van der Waals surface area contributed by atoms with Crippen molar-refractivity contribution < 1.29 is 24.2 Å². The maximum absolute atomic E-state index is 12.0. The van der Waals surface area contributed by atoms with Crippen LogP contribution in [-0.4, -0.2) is 54.7 Å². The number of amides is 2. The highest BCUT2D eigenvalue weighted by atomic mass is 16.5. The van der Waals surface area contributed by atoms with E-state index in [0.717, 1.165) is 0 Å². The third kappa shape index (κ3) is 5.24. The molecule has 1 aliphatic carbocycles. The third-order valence-electron chi connectivity index (χ3n) is 3.90. The van der Waals surface area contributed by atoms with Crippen molar-refractivity contribution in [3.8, 4) is 0 Å². The van der Waals surface area contributed by atoms with E-state index in [1.807, 2.05) is 0 Å². The van der Waals surface area contributed by atoms with Crippen molar-refractivity contribution in [2.24, 2.45) is 11.8 Å². The number of methoxy groups -OCH3 is 1. The van der Waals surface area contributed by atoms with Crippen LogP contribution in [0.25, 0.3) is 0 Å². The second kappa shape index (κ2) is 7.85. The van der Waals surface area contributed by atoms with Crippen LogP contribution in [0.3, 0.4) is 0 Å². The van der Waals surface area contributed by atoms with E-state index in [1.165, 1.54) is 12.0 Å². The van der Waals surface area contributed by atoms with E-state index in [1.54, 1.807) is 14.0 Å². The lowest BCUT2D eigenvalue weighted by atomic mass is 9.86. The molecular weight excluding hydrogens is 276 g/mol. The first-order valence-corrected chi connectivity index (χ1v) is 7.17. The summed E-state index contributed by atoms with van der Waals surface area (Å²) in [6.45, 7) is 1.98. The van der Waals surface area contributed by atoms with Gasteiger partial charge in [0.1, 0.15) is 0 Å². The molecule has 0 aromatic heterocycles. The molecule has 1 fully saturated rings. The Morgan fingerprint density at radius 2 is 1.86 bits per heavy atom. The summed E-state index contributed by atoms with van der Waals surface area (Å²) in [5.74, 6) is -1.79. The van der Waals surface area contributed by atoms with Gasteiger partial charge in [-0.2, -0.15) is 0 Å².